The lowest BCUT2D eigenvalue weighted by atomic mass is 10.0. The second-order valence-electron chi connectivity index (χ2n) is 4.04. The van der Waals surface area contributed by atoms with E-state index in [1.165, 1.54) is 5.57 Å². The molecule has 2 unspecified atom stereocenters. The average Bonchev–Trinajstić information content (AvgIpc) is 2.77. The van der Waals surface area contributed by atoms with Gasteiger partial charge in [-0.2, -0.15) is 0 Å². The van der Waals surface area contributed by atoms with E-state index in [4.69, 9.17) is 0 Å². The highest BCUT2D eigenvalue weighted by atomic mass is 31.2. The van der Waals surface area contributed by atoms with Crippen molar-refractivity contribution in [1.29, 1.82) is 0 Å². The Morgan fingerprint density at radius 3 is 3.00 bits per heavy atom. The second-order valence-corrected chi connectivity index (χ2v) is 6.74. The minimum Gasteiger partial charge on any atom is -0.361 e. The van der Waals surface area contributed by atoms with Gasteiger partial charge in [0.05, 0.1) is 0 Å². The van der Waals surface area contributed by atoms with Gasteiger partial charge in [-0.1, -0.05) is 11.6 Å². The van der Waals surface area contributed by atoms with Crippen LogP contribution >= 0.6 is 7.14 Å². The van der Waals surface area contributed by atoms with Crippen molar-refractivity contribution in [1.82, 2.24) is 4.98 Å². The molecule has 1 N–H and O–H groups in total. The minimum atomic E-state index is -2.16. The molecule has 72 valence electrons. The van der Waals surface area contributed by atoms with Crippen LogP contribution in [0.15, 0.2) is 35.8 Å². The van der Waals surface area contributed by atoms with Crippen molar-refractivity contribution >= 4 is 12.5 Å². The normalized spacial score (nSPS) is 34.5. The van der Waals surface area contributed by atoms with E-state index in [0.29, 0.717) is 5.92 Å². The molecule has 2 atom stereocenters. The van der Waals surface area contributed by atoms with Gasteiger partial charge in [-0.25, -0.2) is 0 Å². The highest BCUT2D eigenvalue weighted by Gasteiger charge is 2.42. The van der Waals surface area contributed by atoms with Crippen LogP contribution in [0.3, 0.4) is 0 Å². The van der Waals surface area contributed by atoms with E-state index in [0.717, 1.165) is 17.2 Å². The SMILES string of the molecule is CC1=C(c2ccc[nH]2)P2(=O)C=CC1C2. The lowest BCUT2D eigenvalue weighted by Crippen LogP contribution is -1.93. The molecule has 0 fully saturated rings. The van der Waals surface area contributed by atoms with Crippen molar-refractivity contribution < 1.29 is 4.57 Å². The minimum absolute atomic E-state index is 0.430. The van der Waals surface area contributed by atoms with Crippen molar-refractivity contribution in [2.75, 3.05) is 6.16 Å². The van der Waals surface area contributed by atoms with Crippen molar-refractivity contribution in [3.8, 4) is 0 Å². The summed E-state index contributed by atoms with van der Waals surface area (Å²) in [5.74, 6) is 2.36. The van der Waals surface area contributed by atoms with Gasteiger partial charge in [0.2, 0.25) is 0 Å². The lowest BCUT2D eigenvalue weighted by molar-refractivity contribution is 0.588. The molecule has 3 heteroatoms. The Hall–Kier alpha value is -1.01. The van der Waals surface area contributed by atoms with Crippen LogP contribution in [0.5, 0.6) is 0 Å². The molecule has 0 saturated heterocycles. The Morgan fingerprint density at radius 2 is 2.43 bits per heavy atom. The molecular formula is C11H12NOP. The van der Waals surface area contributed by atoms with E-state index in [9.17, 15) is 4.57 Å². The molecule has 1 aromatic rings. The number of aromatic nitrogens is 1. The first kappa shape index (κ1) is 8.31. The maximum Gasteiger partial charge on any atom is 0.139 e. The van der Waals surface area contributed by atoms with Crippen molar-refractivity contribution in [2.45, 2.75) is 6.92 Å². The molecule has 0 aliphatic carbocycles. The fourth-order valence-corrected chi connectivity index (χ4v) is 5.70. The molecule has 0 amide bonds. The third-order valence-corrected chi connectivity index (χ3v) is 6.13. The predicted molar refractivity (Wildman–Crippen MR) is 58.5 cm³/mol. The molecule has 2 nitrogen and oxygen atoms in total. The average molecular weight is 205 g/mol. The summed E-state index contributed by atoms with van der Waals surface area (Å²) >= 11 is 0. The van der Waals surface area contributed by atoms with Crippen molar-refractivity contribution in [3.63, 3.8) is 0 Å². The summed E-state index contributed by atoms with van der Waals surface area (Å²) in [4.78, 5) is 3.16. The summed E-state index contributed by atoms with van der Waals surface area (Å²) < 4.78 is 12.5. The molecule has 1 aromatic heterocycles. The smallest absolute Gasteiger partial charge is 0.139 e. The first-order valence-electron chi connectivity index (χ1n) is 4.84. The summed E-state index contributed by atoms with van der Waals surface area (Å²) in [6.07, 6.45) is 4.81. The van der Waals surface area contributed by atoms with Crippen LogP contribution in [0.4, 0.5) is 0 Å². The molecule has 2 aliphatic heterocycles. The van der Waals surface area contributed by atoms with Gasteiger partial charge in [0.15, 0.2) is 0 Å². The van der Waals surface area contributed by atoms with Gasteiger partial charge in [0, 0.05) is 29.3 Å². The lowest BCUT2D eigenvalue weighted by Gasteiger charge is -2.11. The molecule has 0 radical (unpaired) electrons. The maximum atomic E-state index is 12.5. The maximum absolute atomic E-state index is 12.5. The van der Waals surface area contributed by atoms with Gasteiger partial charge in [-0.3, -0.25) is 0 Å². The molecule has 2 aliphatic rings. The number of fused-ring (bicyclic) bond motifs is 2. The van der Waals surface area contributed by atoms with Crippen LogP contribution in [-0.2, 0) is 4.57 Å². The number of rotatable bonds is 1. The largest absolute Gasteiger partial charge is 0.361 e. The molecule has 3 heterocycles. The molecule has 0 saturated carbocycles. The zero-order valence-electron chi connectivity index (χ0n) is 8.03. The van der Waals surface area contributed by atoms with E-state index in [-0.39, 0.29) is 0 Å². The fraction of sp³-hybridized carbons (Fsp3) is 0.273. The summed E-state index contributed by atoms with van der Waals surface area (Å²) in [6, 6.07) is 3.96. The summed E-state index contributed by atoms with van der Waals surface area (Å²) in [5.41, 5.74) is 2.33. The highest BCUT2D eigenvalue weighted by molar-refractivity contribution is 7.77. The first-order chi connectivity index (χ1) is 6.71. The van der Waals surface area contributed by atoms with Crippen LogP contribution in [0, 0.1) is 5.92 Å². The Morgan fingerprint density at radius 1 is 1.57 bits per heavy atom. The second kappa shape index (κ2) is 2.52. The molecular weight excluding hydrogens is 193 g/mol. The van der Waals surface area contributed by atoms with Gasteiger partial charge >= 0.3 is 0 Å². The molecule has 14 heavy (non-hydrogen) atoms. The number of H-pyrrole nitrogens is 1. The van der Waals surface area contributed by atoms with Crippen LogP contribution < -0.4 is 0 Å². The van der Waals surface area contributed by atoms with Gasteiger partial charge in [0.1, 0.15) is 7.14 Å². The Bertz CT molecular complexity index is 481. The van der Waals surface area contributed by atoms with Gasteiger partial charge in [-0.15, -0.1) is 0 Å². The Balaban J connectivity index is 2.22. The zero-order chi connectivity index (χ0) is 9.76. The number of aromatic amines is 1. The number of hydrogen-bond acceptors (Lipinski definition) is 1. The van der Waals surface area contributed by atoms with E-state index in [1.54, 1.807) is 0 Å². The van der Waals surface area contributed by atoms with E-state index >= 15 is 0 Å². The molecule has 0 spiro atoms. The summed E-state index contributed by atoms with van der Waals surface area (Å²) in [7, 11) is -2.16. The first-order valence-corrected chi connectivity index (χ1v) is 6.80. The third-order valence-electron chi connectivity index (χ3n) is 3.19. The number of nitrogens with one attached hydrogen (secondary N) is 1. The predicted octanol–water partition coefficient (Wildman–Crippen LogP) is 3.27. The van der Waals surface area contributed by atoms with Crippen LogP contribution in [0.1, 0.15) is 12.6 Å². The zero-order valence-corrected chi connectivity index (χ0v) is 8.92. The fourth-order valence-electron chi connectivity index (χ4n) is 2.47. The highest BCUT2D eigenvalue weighted by Crippen LogP contribution is 2.71. The molecule has 2 bridgehead atoms. The standard InChI is InChI=1S/C11H12NOP/c1-8-9-4-6-14(13,7-9)11(8)10-3-2-5-12-10/h2-6,9,12H,7H2,1H3. The van der Waals surface area contributed by atoms with Gasteiger partial charge in [-0.05, 0) is 24.9 Å². The third kappa shape index (κ3) is 0.896. The topological polar surface area (TPSA) is 32.9 Å². The van der Waals surface area contributed by atoms with E-state index < -0.39 is 7.14 Å². The van der Waals surface area contributed by atoms with Gasteiger partial charge < -0.3 is 9.55 Å². The molecule has 0 aromatic carbocycles. The Kier molecular flexibility index (Phi) is 1.49. The summed E-state index contributed by atoms with van der Waals surface area (Å²) in [5, 5.41) is 1.08. The number of hydrogen-bond donors (Lipinski definition) is 1. The van der Waals surface area contributed by atoms with Crippen molar-refractivity contribution in [2.24, 2.45) is 5.92 Å². The van der Waals surface area contributed by atoms with Gasteiger partial charge in [0.25, 0.3) is 0 Å². The monoisotopic (exact) mass is 205 g/mol. The van der Waals surface area contributed by atoms with Crippen LogP contribution in [0.25, 0.3) is 5.31 Å². The van der Waals surface area contributed by atoms with Crippen LogP contribution in [-0.4, -0.2) is 11.1 Å². The summed E-state index contributed by atoms with van der Waals surface area (Å²) in [6.45, 7) is 2.10. The van der Waals surface area contributed by atoms with E-state index in [1.807, 2.05) is 24.1 Å². The Labute approximate surface area is 83.1 Å². The van der Waals surface area contributed by atoms with E-state index in [2.05, 4.69) is 18.0 Å². The van der Waals surface area contributed by atoms with Crippen molar-refractivity contribution in [3.05, 3.63) is 41.5 Å². The molecule has 3 rings (SSSR count). The number of allylic oxidation sites excluding steroid dienone is 2. The quantitative estimate of drug-likeness (QED) is 0.701. The van der Waals surface area contributed by atoms with Crippen LogP contribution in [0.2, 0.25) is 0 Å².